The van der Waals surface area contributed by atoms with Gasteiger partial charge in [-0.2, -0.15) is 0 Å². The molecule has 1 aliphatic carbocycles. The summed E-state index contributed by atoms with van der Waals surface area (Å²) in [5, 5.41) is 0. The van der Waals surface area contributed by atoms with Gasteiger partial charge in [0, 0.05) is 18.1 Å². The number of amides is 1. The second kappa shape index (κ2) is 5.80. The van der Waals surface area contributed by atoms with Gasteiger partial charge >= 0.3 is 0 Å². The first kappa shape index (κ1) is 14.8. The van der Waals surface area contributed by atoms with Crippen LogP contribution in [0, 0.1) is 0 Å². The van der Waals surface area contributed by atoms with Crippen LogP contribution in [0.15, 0.2) is 0 Å². The minimum Gasteiger partial charge on any atom is -0.333 e. The van der Waals surface area contributed by atoms with Crippen LogP contribution in [-0.4, -0.2) is 53.5 Å². The fourth-order valence-electron chi connectivity index (χ4n) is 3.71. The molecule has 2 N–H and O–H groups in total. The second-order valence-corrected chi connectivity index (χ2v) is 6.78. The molecule has 0 aromatic rings. The Morgan fingerprint density at radius 2 is 1.95 bits per heavy atom. The van der Waals surface area contributed by atoms with Crippen molar-refractivity contribution in [2.75, 3.05) is 20.1 Å². The van der Waals surface area contributed by atoms with Crippen LogP contribution in [0.5, 0.6) is 0 Å². The molecular formula is C15H29N3O. The quantitative estimate of drug-likeness (QED) is 0.845. The zero-order valence-electron chi connectivity index (χ0n) is 12.7. The molecule has 1 aliphatic heterocycles. The zero-order chi connectivity index (χ0) is 14.0. The molecule has 1 atom stereocenters. The molecule has 4 nitrogen and oxygen atoms in total. The van der Waals surface area contributed by atoms with E-state index >= 15 is 0 Å². The number of nitrogens with zero attached hydrogens (tertiary/aromatic N) is 2. The third-order valence-corrected chi connectivity index (χ3v) is 4.91. The molecule has 1 saturated carbocycles. The van der Waals surface area contributed by atoms with E-state index in [0.717, 1.165) is 19.4 Å². The van der Waals surface area contributed by atoms with Gasteiger partial charge in [0.15, 0.2) is 0 Å². The highest BCUT2D eigenvalue weighted by Crippen LogP contribution is 2.34. The summed E-state index contributed by atoms with van der Waals surface area (Å²) < 4.78 is 0. The van der Waals surface area contributed by atoms with E-state index in [1.807, 2.05) is 0 Å². The second-order valence-electron chi connectivity index (χ2n) is 6.78. The molecule has 1 unspecified atom stereocenters. The average molecular weight is 267 g/mol. The monoisotopic (exact) mass is 267 g/mol. The van der Waals surface area contributed by atoms with Crippen molar-refractivity contribution < 1.29 is 4.79 Å². The van der Waals surface area contributed by atoms with Crippen molar-refractivity contribution in [1.82, 2.24) is 9.80 Å². The maximum atomic E-state index is 13.0. The number of likely N-dealkylation sites (N-methyl/N-ethyl adjacent to an activating group) is 1. The molecule has 19 heavy (non-hydrogen) atoms. The van der Waals surface area contributed by atoms with Gasteiger partial charge in [-0.25, -0.2) is 0 Å². The van der Waals surface area contributed by atoms with E-state index in [0.29, 0.717) is 18.5 Å². The van der Waals surface area contributed by atoms with Gasteiger partial charge in [-0.1, -0.05) is 12.8 Å². The molecule has 110 valence electrons. The lowest BCUT2D eigenvalue weighted by Crippen LogP contribution is -2.55. The van der Waals surface area contributed by atoms with Crippen molar-refractivity contribution in [2.24, 2.45) is 5.73 Å². The molecule has 2 rings (SSSR count). The Morgan fingerprint density at radius 3 is 2.53 bits per heavy atom. The molecule has 1 amide bonds. The van der Waals surface area contributed by atoms with Gasteiger partial charge in [0.1, 0.15) is 0 Å². The molecule has 0 aromatic carbocycles. The minimum absolute atomic E-state index is 0.0209. The molecule has 1 heterocycles. The lowest BCUT2D eigenvalue weighted by molar-refractivity contribution is -0.142. The van der Waals surface area contributed by atoms with Crippen LogP contribution in [0.1, 0.15) is 52.4 Å². The molecule has 2 fully saturated rings. The average Bonchev–Trinajstić information content (AvgIpc) is 2.83. The predicted octanol–water partition coefficient (Wildman–Crippen LogP) is 1.59. The number of hydrogen-bond acceptors (Lipinski definition) is 3. The fraction of sp³-hybridized carbons (Fsp3) is 0.933. The maximum absolute atomic E-state index is 13.0. The standard InChI is InChI=1S/C15H29N3O/c1-15(2)9-11-17(3)13(8-10-16)14(19)18(15)12-6-4-5-7-12/h12-13H,4-11,16H2,1-3H3. The number of rotatable bonds is 3. The maximum Gasteiger partial charge on any atom is 0.240 e. The summed E-state index contributed by atoms with van der Waals surface area (Å²) >= 11 is 0. The summed E-state index contributed by atoms with van der Waals surface area (Å²) in [5.74, 6) is 0.308. The Kier molecular flexibility index (Phi) is 4.51. The SMILES string of the molecule is CN1CCC(C)(C)N(C2CCCC2)C(=O)C1CCN. The molecule has 0 bridgehead atoms. The highest BCUT2D eigenvalue weighted by Gasteiger charge is 2.43. The normalized spacial score (nSPS) is 29.8. The van der Waals surface area contributed by atoms with Crippen molar-refractivity contribution in [3.8, 4) is 0 Å². The van der Waals surface area contributed by atoms with Crippen LogP contribution in [0.4, 0.5) is 0 Å². The first-order chi connectivity index (χ1) is 8.97. The van der Waals surface area contributed by atoms with E-state index in [4.69, 9.17) is 5.73 Å². The minimum atomic E-state index is -0.0241. The van der Waals surface area contributed by atoms with Crippen molar-refractivity contribution in [3.63, 3.8) is 0 Å². The summed E-state index contributed by atoms with van der Waals surface area (Å²) in [5.41, 5.74) is 5.68. The fourth-order valence-corrected chi connectivity index (χ4v) is 3.71. The Balaban J connectivity index is 2.26. The predicted molar refractivity (Wildman–Crippen MR) is 77.9 cm³/mol. The topological polar surface area (TPSA) is 49.6 Å². The molecule has 0 spiro atoms. The van der Waals surface area contributed by atoms with Gasteiger partial charge in [-0.05, 0) is 53.1 Å². The van der Waals surface area contributed by atoms with Crippen LogP contribution in [0.2, 0.25) is 0 Å². The van der Waals surface area contributed by atoms with Crippen LogP contribution < -0.4 is 5.73 Å². The third kappa shape index (κ3) is 2.95. The highest BCUT2D eigenvalue weighted by molar-refractivity contribution is 5.83. The van der Waals surface area contributed by atoms with Crippen LogP contribution in [0.3, 0.4) is 0 Å². The van der Waals surface area contributed by atoms with E-state index < -0.39 is 0 Å². The largest absolute Gasteiger partial charge is 0.333 e. The Morgan fingerprint density at radius 1 is 1.32 bits per heavy atom. The summed E-state index contributed by atoms with van der Waals surface area (Å²) in [4.78, 5) is 17.4. The zero-order valence-corrected chi connectivity index (χ0v) is 12.7. The number of nitrogens with two attached hydrogens (primary N) is 1. The van der Waals surface area contributed by atoms with Gasteiger partial charge in [0.25, 0.3) is 0 Å². The number of carbonyl (C=O) groups excluding carboxylic acids is 1. The van der Waals surface area contributed by atoms with Crippen LogP contribution >= 0.6 is 0 Å². The van der Waals surface area contributed by atoms with E-state index in [2.05, 4.69) is 30.7 Å². The lowest BCUT2D eigenvalue weighted by Gasteiger charge is -2.42. The van der Waals surface area contributed by atoms with E-state index in [9.17, 15) is 4.79 Å². The van der Waals surface area contributed by atoms with Crippen molar-refractivity contribution in [3.05, 3.63) is 0 Å². The Hall–Kier alpha value is -0.610. The summed E-state index contributed by atoms with van der Waals surface area (Å²) in [7, 11) is 2.06. The van der Waals surface area contributed by atoms with E-state index in [1.54, 1.807) is 0 Å². The summed E-state index contributed by atoms with van der Waals surface area (Å²) in [6.07, 6.45) is 6.70. The smallest absolute Gasteiger partial charge is 0.240 e. The lowest BCUT2D eigenvalue weighted by atomic mass is 9.95. The molecule has 0 radical (unpaired) electrons. The third-order valence-electron chi connectivity index (χ3n) is 4.91. The summed E-state index contributed by atoms with van der Waals surface area (Å²) in [6, 6.07) is 0.432. The molecule has 1 saturated heterocycles. The number of hydrogen-bond donors (Lipinski definition) is 1. The van der Waals surface area contributed by atoms with Gasteiger partial charge in [-0.3, -0.25) is 9.69 Å². The van der Waals surface area contributed by atoms with Crippen LogP contribution in [-0.2, 0) is 4.79 Å². The molecule has 2 aliphatic rings. The Labute approximate surface area is 117 Å². The van der Waals surface area contributed by atoms with E-state index in [-0.39, 0.29) is 11.6 Å². The summed E-state index contributed by atoms with van der Waals surface area (Å²) in [6.45, 7) is 6.01. The first-order valence-electron chi connectivity index (χ1n) is 7.71. The van der Waals surface area contributed by atoms with Gasteiger partial charge in [0.05, 0.1) is 6.04 Å². The molecule has 0 aromatic heterocycles. The molecular weight excluding hydrogens is 238 g/mol. The van der Waals surface area contributed by atoms with Gasteiger partial charge < -0.3 is 10.6 Å². The number of carbonyl (C=O) groups is 1. The molecule has 4 heteroatoms. The van der Waals surface area contributed by atoms with Crippen LogP contribution in [0.25, 0.3) is 0 Å². The first-order valence-corrected chi connectivity index (χ1v) is 7.71. The highest BCUT2D eigenvalue weighted by atomic mass is 16.2. The van der Waals surface area contributed by atoms with Crippen molar-refractivity contribution in [2.45, 2.75) is 70.0 Å². The Bertz CT molecular complexity index is 323. The van der Waals surface area contributed by atoms with Crippen molar-refractivity contribution >= 4 is 5.91 Å². The van der Waals surface area contributed by atoms with Gasteiger partial charge in [0.2, 0.25) is 5.91 Å². The van der Waals surface area contributed by atoms with E-state index in [1.165, 1.54) is 25.7 Å². The van der Waals surface area contributed by atoms with Crippen molar-refractivity contribution in [1.29, 1.82) is 0 Å². The van der Waals surface area contributed by atoms with Gasteiger partial charge in [-0.15, -0.1) is 0 Å².